The normalized spacial score (nSPS) is 22.0. The number of ether oxygens (including phenoxy) is 3. The van der Waals surface area contributed by atoms with E-state index in [-0.39, 0.29) is 30.1 Å². The maximum absolute atomic E-state index is 14.1. The Balaban J connectivity index is 1.46. The molecule has 3 aliphatic rings. The number of esters is 2. The summed E-state index contributed by atoms with van der Waals surface area (Å²) in [6, 6.07) is 22.9. The summed E-state index contributed by atoms with van der Waals surface area (Å²) in [5.41, 5.74) is 2.85. The van der Waals surface area contributed by atoms with Gasteiger partial charge in [0.25, 0.3) is 0 Å². The van der Waals surface area contributed by atoms with E-state index in [4.69, 9.17) is 18.6 Å². The number of aliphatic hydroxyl groups is 2. The monoisotopic (exact) mass is 666 g/mol. The van der Waals surface area contributed by atoms with Crippen molar-refractivity contribution in [3.8, 4) is 5.75 Å². The van der Waals surface area contributed by atoms with Crippen molar-refractivity contribution in [1.29, 1.82) is 0 Å². The Labute approximate surface area is 285 Å². The van der Waals surface area contributed by atoms with E-state index >= 15 is 0 Å². The molecule has 2 N–H and O–H groups in total. The molecule has 4 aromatic rings. The van der Waals surface area contributed by atoms with E-state index in [9.17, 15) is 24.6 Å². The van der Waals surface area contributed by atoms with Gasteiger partial charge in [0.05, 0.1) is 18.8 Å². The van der Waals surface area contributed by atoms with Gasteiger partial charge in [-0.25, -0.2) is 9.59 Å². The molecular formula is C40H42O9. The van der Waals surface area contributed by atoms with Gasteiger partial charge in [-0.3, -0.25) is 4.79 Å². The highest BCUT2D eigenvalue weighted by molar-refractivity contribution is 5.90. The molecule has 3 atom stereocenters. The first-order valence-electron chi connectivity index (χ1n) is 16.8. The average molecular weight is 667 g/mol. The highest BCUT2D eigenvalue weighted by atomic mass is 16.6. The molecule has 0 amide bonds. The molecule has 0 saturated heterocycles. The van der Waals surface area contributed by atoms with E-state index in [1.165, 1.54) is 11.6 Å². The van der Waals surface area contributed by atoms with Crippen LogP contribution in [0.2, 0.25) is 0 Å². The van der Waals surface area contributed by atoms with Crippen LogP contribution in [0, 0.1) is 5.92 Å². The highest BCUT2D eigenvalue weighted by Crippen LogP contribution is 2.47. The molecule has 2 bridgehead atoms. The summed E-state index contributed by atoms with van der Waals surface area (Å²) in [7, 11) is 0. The lowest BCUT2D eigenvalue weighted by atomic mass is 9.86. The number of hydrogen-bond acceptors (Lipinski definition) is 9. The van der Waals surface area contributed by atoms with Crippen molar-refractivity contribution < 1.29 is 38.4 Å². The zero-order chi connectivity index (χ0) is 34.7. The molecule has 7 rings (SSSR count). The molecule has 0 fully saturated rings. The average Bonchev–Trinajstić information content (AvgIpc) is 3.08. The SMILES string of the molecule is CC(CO)=C1CCc2ccc(cc2)CC(CCc2ccccc2)CC(=O)OC2c3c(ccc4c(CO)cc(=O)oc34)OC(C)(C)C2OC1=O. The number of carbonyl (C=O) groups excluding carboxylic acids is 2. The molecule has 1 aromatic heterocycles. The van der Waals surface area contributed by atoms with Crippen LogP contribution in [0.15, 0.2) is 93.2 Å². The van der Waals surface area contributed by atoms with Crippen molar-refractivity contribution in [2.75, 3.05) is 6.61 Å². The Bertz CT molecular complexity index is 1920. The van der Waals surface area contributed by atoms with Crippen molar-refractivity contribution in [2.24, 2.45) is 5.92 Å². The van der Waals surface area contributed by atoms with Crippen molar-refractivity contribution >= 4 is 22.9 Å². The molecule has 9 nitrogen and oxygen atoms in total. The first-order chi connectivity index (χ1) is 23.6. The third-order valence-corrected chi connectivity index (χ3v) is 9.63. The molecule has 0 spiro atoms. The maximum atomic E-state index is 14.1. The summed E-state index contributed by atoms with van der Waals surface area (Å²) in [5, 5.41) is 20.6. The van der Waals surface area contributed by atoms with Crippen molar-refractivity contribution in [3.05, 3.63) is 122 Å². The Morgan fingerprint density at radius 2 is 1.61 bits per heavy atom. The number of benzene rings is 3. The van der Waals surface area contributed by atoms with Crippen LogP contribution >= 0.6 is 0 Å². The first kappa shape index (κ1) is 34.1. The van der Waals surface area contributed by atoms with Crippen LogP contribution in [0.25, 0.3) is 11.0 Å². The number of carbonyl (C=O) groups is 2. The molecule has 0 aliphatic carbocycles. The van der Waals surface area contributed by atoms with Crippen LogP contribution in [0.4, 0.5) is 0 Å². The number of aryl methyl sites for hydroxylation is 2. The fourth-order valence-electron chi connectivity index (χ4n) is 6.90. The lowest BCUT2D eigenvalue weighted by molar-refractivity contribution is -0.188. The van der Waals surface area contributed by atoms with Gasteiger partial charge in [0.2, 0.25) is 0 Å². The molecule has 3 aliphatic heterocycles. The fraction of sp³-hybridized carbons (Fsp3) is 0.375. The van der Waals surface area contributed by atoms with E-state index in [1.807, 2.05) is 30.3 Å². The van der Waals surface area contributed by atoms with Gasteiger partial charge in [-0.1, -0.05) is 54.6 Å². The van der Waals surface area contributed by atoms with Gasteiger partial charge in [0, 0.05) is 23.4 Å². The smallest absolute Gasteiger partial charge is 0.336 e. The molecule has 256 valence electrons. The molecule has 3 unspecified atom stereocenters. The van der Waals surface area contributed by atoms with Gasteiger partial charge in [-0.05, 0) is 98.8 Å². The summed E-state index contributed by atoms with van der Waals surface area (Å²) >= 11 is 0. The number of rotatable bonds is 5. The predicted octanol–water partition coefficient (Wildman–Crippen LogP) is 6.09. The molecular weight excluding hydrogens is 624 g/mol. The van der Waals surface area contributed by atoms with Crippen LogP contribution in [-0.2, 0) is 44.9 Å². The Morgan fingerprint density at radius 3 is 2.33 bits per heavy atom. The molecule has 0 saturated carbocycles. The van der Waals surface area contributed by atoms with Gasteiger partial charge in [-0.2, -0.15) is 0 Å². The summed E-state index contributed by atoms with van der Waals surface area (Å²) in [6.07, 6.45) is 0.747. The van der Waals surface area contributed by atoms with Gasteiger partial charge < -0.3 is 28.8 Å². The predicted molar refractivity (Wildman–Crippen MR) is 183 cm³/mol. The lowest BCUT2D eigenvalue weighted by Gasteiger charge is -2.43. The van der Waals surface area contributed by atoms with E-state index in [0.717, 1.165) is 24.0 Å². The minimum Gasteiger partial charge on any atom is -0.483 e. The highest BCUT2D eigenvalue weighted by Gasteiger charge is 2.50. The Kier molecular flexibility index (Phi) is 10.0. The Morgan fingerprint density at radius 1 is 0.878 bits per heavy atom. The fourth-order valence-corrected chi connectivity index (χ4v) is 6.90. The number of hydrogen-bond donors (Lipinski definition) is 2. The van der Waals surface area contributed by atoms with Gasteiger partial charge >= 0.3 is 17.6 Å². The second-order valence-corrected chi connectivity index (χ2v) is 13.6. The summed E-state index contributed by atoms with van der Waals surface area (Å²) < 4.78 is 24.6. The van der Waals surface area contributed by atoms with Crippen molar-refractivity contribution in [1.82, 2.24) is 0 Å². The molecule has 0 radical (unpaired) electrons. The topological polar surface area (TPSA) is 133 Å². The molecule has 9 heteroatoms. The van der Waals surface area contributed by atoms with Gasteiger partial charge in [0.15, 0.2) is 12.2 Å². The van der Waals surface area contributed by atoms with Crippen LogP contribution < -0.4 is 10.4 Å². The number of aliphatic hydroxyl groups excluding tert-OH is 2. The van der Waals surface area contributed by atoms with E-state index in [2.05, 4.69) is 24.3 Å². The van der Waals surface area contributed by atoms with Crippen molar-refractivity contribution in [3.63, 3.8) is 0 Å². The second-order valence-electron chi connectivity index (χ2n) is 13.6. The molecule has 3 aromatic carbocycles. The maximum Gasteiger partial charge on any atom is 0.336 e. The van der Waals surface area contributed by atoms with Gasteiger partial charge in [0.1, 0.15) is 16.9 Å². The van der Waals surface area contributed by atoms with Crippen LogP contribution in [0.5, 0.6) is 5.75 Å². The largest absolute Gasteiger partial charge is 0.483 e. The second kappa shape index (κ2) is 14.4. The van der Waals surface area contributed by atoms with Gasteiger partial charge in [-0.15, -0.1) is 0 Å². The summed E-state index contributed by atoms with van der Waals surface area (Å²) in [4.78, 5) is 40.8. The van der Waals surface area contributed by atoms with Crippen LogP contribution in [-0.4, -0.2) is 40.5 Å². The van der Waals surface area contributed by atoms with Crippen LogP contribution in [0.3, 0.4) is 0 Å². The third-order valence-electron chi connectivity index (χ3n) is 9.63. The van der Waals surface area contributed by atoms with E-state index in [0.29, 0.717) is 47.1 Å². The zero-order valence-electron chi connectivity index (χ0n) is 28.1. The molecule has 4 heterocycles. The minimum atomic E-state index is -1.22. The summed E-state index contributed by atoms with van der Waals surface area (Å²) in [6.45, 7) is 4.41. The lowest BCUT2D eigenvalue weighted by Crippen LogP contribution is -2.52. The quantitative estimate of drug-likeness (QED) is 0.148. The van der Waals surface area contributed by atoms with Crippen molar-refractivity contribution in [2.45, 2.75) is 83.7 Å². The van der Waals surface area contributed by atoms with Crippen LogP contribution in [0.1, 0.15) is 74.0 Å². The van der Waals surface area contributed by atoms with E-state index in [1.54, 1.807) is 32.9 Å². The Hall–Kier alpha value is -4.73. The first-order valence-corrected chi connectivity index (χ1v) is 16.8. The zero-order valence-corrected chi connectivity index (χ0v) is 28.1. The van der Waals surface area contributed by atoms with E-state index < -0.39 is 42.0 Å². The third kappa shape index (κ3) is 7.48. The molecule has 49 heavy (non-hydrogen) atoms. The number of fused-ring (bicyclic) bond motifs is 13. The summed E-state index contributed by atoms with van der Waals surface area (Å²) in [5.74, 6) is -0.929. The standard InChI is InChI=1S/C40H42O9/c1-24(22-41)30-16-15-26-9-12-27(13-10-26)19-28(14-11-25-7-5-4-6-8-25)20-33(43)47-37-35-32(49-40(2,3)38(37)48-39(30)45)18-17-31-29(23-42)21-34(44)46-36(31)35/h4-10,12-13,17-18,21,28,37-38,41-42H,11,14-16,19-20,22-23H2,1-3H3. The minimum absolute atomic E-state index is 0.0621.